The lowest BCUT2D eigenvalue weighted by atomic mass is 10.2. The fourth-order valence-electron chi connectivity index (χ4n) is 1.87. The molecule has 2 aromatic carbocycles. The molecule has 0 amide bonds. The summed E-state index contributed by atoms with van der Waals surface area (Å²) in [5, 5.41) is 11.4. The Balaban J connectivity index is 2.39. The van der Waals surface area contributed by atoms with Gasteiger partial charge in [-0.05, 0) is 42.5 Å². The molecule has 0 aliphatic carbocycles. The van der Waals surface area contributed by atoms with Crippen LogP contribution in [0.3, 0.4) is 0 Å². The Bertz CT molecular complexity index is 994. The molecule has 0 saturated heterocycles. The summed E-state index contributed by atoms with van der Waals surface area (Å²) >= 11 is 5.67. The van der Waals surface area contributed by atoms with E-state index in [4.69, 9.17) is 16.9 Å². The lowest BCUT2D eigenvalue weighted by molar-refractivity contribution is -0.137. The molecule has 26 heavy (non-hydrogen) atoms. The second-order valence-corrected chi connectivity index (χ2v) is 7.27. The maximum atomic E-state index is 13.7. The molecule has 0 unspecified atom stereocenters. The van der Waals surface area contributed by atoms with Crippen LogP contribution in [0.4, 0.5) is 23.2 Å². The van der Waals surface area contributed by atoms with Crippen LogP contribution in [-0.4, -0.2) is 8.42 Å². The highest BCUT2D eigenvalue weighted by atomic mass is 35.5. The predicted octanol–water partition coefficient (Wildman–Crippen LogP) is 4.75. The Kier molecular flexibility index (Phi) is 5.59. The molecular formula is C16H9ClF4N2O2S. The molecular weight excluding hydrogens is 396 g/mol. The molecule has 0 saturated carbocycles. The molecule has 2 aromatic rings. The number of alkyl halides is 3. The average Bonchev–Trinajstić information content (AvgIpc) is 2.56. The summed E-state index contributed by atoms with van der Waals surface area (Å²) in [4.78, 5) is -1.06. The Hall–Kier alpha value is -2.57. The highest BCUT2D eigenvalue weighted by molar-refractivity contribution is 7.95. The van der Waals surface area contributed by atoms with E-state index in [0.29, 0.717) is 24.4 Å². The van der Waals surface area contributed by atoms with Crippen molar-refractivity contribution < 1.29 is 26.0 Å². The monoisotopic (exact) mass is 404 g/mol. The minimum Gasteiger partial charge on any atom is -0.357 e. The number of rotatable bonds is 4. The molecule has 0 aliphatic heterocycles. The van der Waals surface area contributed by atoms with Gasteiger partial charge in [0.1, 0.15) is 11.9 Å². The van der Waals surface area contributed by atoms with Crippen LogP contribution in [0.1, 0.15) is 5.56 Å². The molecule has 1 N–H and O–H groups in total. The van der Waals surface area contributed by atoms with Crippen molar-refractivity contribution in [3.05, 3.63) is 70.0 Å². The summed E-state index contributed by atoms with van der Waals surface area (Å²) in [6.45, 7) is 0. The average molecular weight is 405 g/mol. The zero-order valence-electron chi connectivity index (χ0n) is 12.7. The van der Waals surface area contributed by atoms with Gasteiger partial charge in [0, 0.05) is 11.2 Å². The molecule has 4 nitrogen and oxygen atoms in total. The first kappa shape index (κ1) is 19.8. The van der Waals surface area contributed by atoms with E-state index >= 15 is 0 Å². The number of nitrogens with one attached hydrogen (secondary N) is 1. The number of nitriles is 1. The fourth-order valence-corrected chi connectivity index (χ4v) is 3.07. The van der Waals surface area contributed by atoms with Gasteiger partial charge in [0.05, 0.1) is 16.1 Å². The van der Waals surface area contributed by atoms with Crippen LogP contribution in [0.15, 0.2) is 58.5 Å². The van der Waals surface area contributed by atoms with Gasteiger partial charge in [-0.2, -0.15) is 18.4 Å². The fraction of sp³-hybridized carbons (Fsp3) is 0.0625. The third-order valence-corrected chi connectivity index (χ3v) is 5.11. The maximum Gasteiger partial charge on any atom is 0.416 e. The van der Waals surface area contributed by atoms with Crippen LogP contribution < -0.4 is 5.32 Å². The van der Waals surface area contributed by atoms with Crippen LogP contribution in [0.5, 0.6) is 0 Å². The van der Waals surface area contributed by atoms with Crippen molar-refractivity contribution in [1.82, 2.24) is 0 Å². The first-order chi connectivity index (χ1) is 12.1. The second-order valence-electron chi connectivity index (χ2n) is 4.91. The molecule has 0 radical (unpaired) electrons. The zero-order valence-corrected chi connectivity index (χ0v) is 14.3. The van der Waals surface area contributed by atoms with Gasteiger partial charge in [0.2, 0.25) is 9.84 Å². The summed E-state index contributed by atoms with van der Waals surface area (Å²) < 4.78 is 76.4. The Morgan fingerprint density at radius 2 is 1.77 bits per heavy atom. The van der Waals surface area contributed by atoms with Crippen molar-refractivity contribution in [1.29, 1.82) is 5.26 Å². The van der Waals surface area contributed by atoms with Gasteiger partial charge in [-0.15, -0.1) is 0 Å². The lowest BCUT2D eigenvalue weighted by Crippen LogP contribution is -2.08. The van der Waals surface area contributed by atoms with Gasteiger partial charge in [-0.3, -0.25) is 0 Å². The van der Waals surface area contributed by atoms with Crippen molar-refractivity contribution in [2.45, 2.75) is 11.1 Å². The van der Waals surface area contributed by atoms with E-state index in [1.54, 1.807) is 0 Å². The highest BCUT2D eigenvalue weighted by Gasteiger charge is 2.31. The lowest BCUT2D eigenvalue weighted by Gasteiger charge is -2.10. The Morgan fingerprint density at radius 1 is 1.15 bits per heavy atom. The number of benzene rings is 2. The van der Waals surface area contributed by atoms with E-state index in [1.807, 2.05) is 0 Å². The largest absolute Gasteiger partial charge is 0.416 e. The molecule has 0 fully saturated rings. The Labute approximate surface area is 151 Å². The van der Waals surface area contributed by atoms with Crippen LogP contribution in [0.2, 0.25) is 5.02 Å². The number of allylic oxidation sites excluding steroid dienone is 1. The number of halogens is 5. The molecule has 10 heteroatoms. The van der Waals surface area contributed by atoms with Gasteiger partial charge >= 0.3 is 6.18 Å². The standard InChI is InChI=1S/C16H9ClF4N2O2S/c17-11-2-4-12(5-3-11)26(24,25)13(8-22)9-23-15-7-10(16(19,20)21)1-6-14(15)18/h1-7,9,23H/b13-9-. The van der Waals surface area contributed by atoms with Crippen molar-refractivity contribution in [2.24, 2.45) is 0 Å². The van der Waals surface area contributed by atoms with E-state index in [-0.39, 0.29) is 9.92 Å². The third kappa shape index (κ3) is 4.33. The van der Waals surface area contributed by atoms with Gasteiger partial charge in [-0.25, -0.2) is 12.8 Å². The molecule has 136 valence electrons. The highest BCUT2D eigenvalue weighted by Crippen LogP contribution is 2.32. The molecule has 0 heterocycles. The Morgan fingerprint density at radius 3 is 2.31 bits per heavy atom. The minimum atomic E-state index is -4.71. The van der Waals surface area contributed by atoms with E-state index in [0.717, 1.165) is 12.1 Å². The summed E-state index contributed by atoms with van der Waals surface area (Å²) in [5.74, 6) is -1.05. The van der Waals surface area contributed by atoms with Crippen molar-refractivity contribution in [3.8, 4) is 6.07 Å². The summed E-state index contributed by atoms with van der Waals surface area (Å²) in [5.41, 5.74) is -1.76. The minimum absolute atomic E-state index is 0.249. The molecule has 2 rings (SSSR count). The number of sulfone groups is 1. The molecule has 0 aromatic heterocycles. The smallest absolute Gasteiger partial charge is 0.357 e. The molecule has 0 aliphatic rings. The first-order valence-corrected chi connectivity index (χ1v) is 8.66. The van der Waals surface area contributed by atoms with Crippen molar-refractivity contribution >= 4 is 27.1 Å². The summed E-state index contributed by atoms with van der Waals surface area (Å²) in [6.07, 6.45) is -4.08. The van der Waals surface area contributed by atoms with Gasteiger partial charge in [-0.1, -0.05) is 11.6 Å². The van der Waals surface area contributed by atoms with Crippen LogP contribution >= 0.6 is 11.6 Å². The number of anilines is 1. The van der Waals surface area contributed by atoms with Gasteiger partial charge in [0.15, 0.2) is 4.91 Å². The normalized spacial score (nSPS) is 12.5. The van der Waals surface area contributed by atoms with Crippen LogP contribution in [0.25, 0.3) is 0 Å². The van der Waals surface area contributed by atoms with Crippen LogP contribution in [-0.2, 0) is 16.0 Å². The first-order valence-electron chi connectivity index (χ1n) is 6.80. The number of hydrogen-bond acceptors (Lipinski definition) is 4. The zero-order chi connectivity index (χ0) is 19.5. The van der Waals surface area contributed by atoms with Crippen LogP contribution in [0, 0.1) is 17.1 Å². The predicted molar refractivity (Wildman–Crippen MR) is 87.4 cm³/mol. The SMILES string of the molecule is N#C/C(=C/Nc1cc(C(F)(F)F)ccc1F)S(=O)(=O)c1ccc(Cl)cc1. The molecule has 0 spiro atoms. The number of nitrogens with zero attached hydrogens (tertiary/aromatic N) is 1. The topological polar surface area (TPSA) is 70.0 Å². The maximum absolute atomic E-state index is 13.7. The number of hydrogen-bond donors (Lipinski definition) is 1. The second kappa shape index (κ2) is 7.35. The van der Waals surface area contributed by atoms with Gasteiger partial charge < -0.3 is 5.32 Å². The summed E-state index contributed by atoms with van der Waals surface area (Å²) in [6, 6.07) is 7.93. The summed E-state index contributed by atoms with van der Waals surface area (Å²) in [7, 11) is -4.26. The quantitative estimate of drug-likeness (QED) is 0.589. The van der Waals surface area contributed by atoms with E-state index in [9.17, 15) is 26.0 Å². The molecule has 0 bridgehead atoms. The molecule has 0 atom stereocenters. The van der Waals surface area contributed by atoms with E-state index in [2.05, 4.69) is 5.32 Å². The van der Waals surface area contributed by atoms with E-state index < -0.39 is 38.0 Å². The van der Waals surface area contributed by atoms with Gasteiger partial charge in [0.25, 0.3) is 0 Å². The van der Waals surface area contributed by atoms with E-state index in [1.165, 1.54) is 18.2 Å². The third-order valence-electron chi connectivity index (χ3n) is 3.18. The van der Waals surface area contributed by atoms with Crippen molar-refractivity contribution in [3.63, 3.8) is 0 Å². The van der Waals surface area contributed by atoms with Crippen molar-refractivity contribution in [2.75, 3.05) is 5.32 Å².